The van der Waals surface area contributed by atoms with Crippen LogP contribution in [0.4, 0.5) is 0 Å². The molecular formula is C8H5ClN2O3S. The van der Waals surface area contributed by atoms with E-state index in [0.717, 1.165) is 0 Å². The van der Waals surface area contributed by atoms with Gasteiger partial charge in [0.25, 0.3) is 9.05 Å². The minimum absolute atomic E-state index is 0.0347. The molecule has 0 unspecified atom stereocenters. The van der Waals surface area contributed by atoms with E-state index in [4.69, 9.17) is 15.1 Å². The summed E-state index contributed by atoms with van der Waals surface area (Å²) in [6, 6.07) is 5.84. The van der Waals surface area contributed by atoms with Crippen molar-refractivity contribution in [1.82, 2.24) is 10.2 Å². The summed E-state index contributed by atoms with van der Waals surface area (Å²) >= 11 is 0. The molecule has 5 nitrogen and oxygen atoms in total. The van der Waals surface area contributed by atoms with Gasteiger partial charge in [-0.1, -0.05) is 0 Å². The van der Waals surface area contributed by atoms with Gasteiger partial charge in [0, 0.05) is 16.2 Å². The zero-order valence-electron chi connectivity index (χ0n) is 7.29. The van der Waals surface area contributed by atoms with Crippen molar-refractivity contribution < 1.29 is 12.8 Å². The topological polar surface area (TPSA) is 73.1 Å². The first-order valence-electron chi connectivity index (χ1n) is 3.88. The number of rotatable bonds is 2. The van der Waals surface area contributed by atoms with Crippen molar-refractivity contribution in [3.63, 3.8) is 0 Å². The van der Waals surface area contributed by atoms with E-state index in [1.165, 1.54) is 18.5 Å². The van der Waals surface area contributed by atoms with Crippen molar-refractivity contribution in [1.29, 1.82) is 0 Å². The molecule has 2 rings (SSSR count). The number of benzene rings is 1. The zero-order chi connectivity index (χ0) is 10.9. The standard InChI is InChI=1S/C8H5ClN2O3S/c9-15(12,13)7-3-1-6(2-4-7)8-11-10-5-14-8/h1-5H. The van der Waals surface area contributed by atoms with E-state index in [1.807, 2.05) is 0 Å². The summed E-state index contributed by atoms with van der Waals surface area (Å²) in [5, 5.41) is 7.19. The van der Waals surface area contributed by atoms with Crippen LogP contribution in [0.3, 0.4) is 0 Å². The van der Waals surface area contributed by atoms with E-state index in [0.29, 0.717) is 11.5 Å². The number of nitrogens with zero attached hydrogens (tertiary/aromatic N) is 2. The number of aromatic nitrogens is 2. The van der Waals surface area contributed by atoms with Gasteiger partial charge in [0.2, 0.25) is 12.3 Å². The molecule has 78 valence electrons. The number of hydrogen-bond acceptors (Lipinski definition) is 5. The van der Waals surface area contributed by atoms with Crippen LogP contribution in [0.1, 0.15) is 0 Å². The third-order valence-electron chi connectivity index (χ3n) is 1.74. The van der Waals surface area contributed by atoms with Crippen LogP contribution >= 0.6 is 10.7 Å². The molecule has 0 saturated heterocycles. The molecule has 2 aromatic rings. The predicted molar refractivity (Wildman–Crippen MR) is 52.8 cm³/mol. The summed E-state index contributed by atoms with van der Waals surface area (Å²) in [4.78, 5) is 0.0347. The van der Waals surface area contributed by atoms with Crippen molar-refractivity contribution in [2.24, 2.45) is 0 Å². The predicted octanol–water partition coefficient (Wildman–Crippen LogP) is 1.66. The highest BCUT2D eigenvalue weighted by Gasteiger charge is 2.10. The van der Waals surface area contributed by atoms with Gasteiger partial charge in [-0.05, 0) is 24.3 Å². The van der Waals surface area contributed by atoms with E-state index >= 15 is 0 Å². The first-order chi connectivity index (χ1) is 7.07. The number of hydrogen-bond donors (Lipinski definition) is 0. The maximum absolute atomic E-state index is 10.9. The quantitative estimate of drug-likeness (QED) is 0.752. The molecule has 1 heterocycles. The Morgan fingerprint density at radius 3 is 2.33 bits per heavy atom. The van der Waals surface area contributed by atoms with Crippen LogP contribution < -0.4 is 0 Å². The molecule has 0 aliphatic rings. The smallest absolute Gasteiger partial charge is 0.261 e. The van der Waals surface area contributed by atoms with Crippen molar-refractivity contribution in [3.8, 4) is 11.5 Å². The summed E-state index contributed by atoms with van der Waals surface area (Å²) < 4.78 is 26.8. The Morgan fingerprint density at radius 2 is 1.87 bits per heavy atom. The van der Waals surface area contributed by atoms with Crippen LogP contribution in [0.5, 0.6) is 0 Å². The fourth-order valence-corrected chi connectivity index (χ4v) is 1.83. The monoisotopic (exact) mass is 244 g/mol. The first kappa shape index (κ1) is 10.1. The molecule has 1 aromatic heterocycles. The molecule has 0 aliphatic carbocycles. The fourth-order valence-electron chi connectivity index (χ4n) is 1.06. The molecule has 15 heavy (non-hydrogen) atoms. The Kier molecular flexibility index (Phi) is 2.45. The highest BCUT2D eigenvalue weighted by molar-refractivity contribution is 8.13. The molecule has 0 saturated carbocycles. The van der Waals surface area contributed by atoms with Gasteiger partial charge in [0.1, 0.15) is 0 Å². The van der Waals surface area contributed by atoms with Gasteiger partial charge in [-0.2, -0.15) is 0 Å². The maximum atomic E-state index is 10.9. The Labute approximate surface area is 90.1 Å². The van der Waals surface area contributed by atoms with Gasteiger partial charge in [-0.15, -0.1) is 10.2 Å². The minimum atomic E-state index is -3.68. The molecular weight excluding hydrogens is 240 g/mol. The van der Waals surface area contributed by atoms with E-state index in [1.54, 1.807) is 12.1 Å². The summed E-state index contributed by atoms with van der Waals surface area (Å²) in [6.45, 7) is 0. The third-order valence-corrected chi connectivity index (χ3v) is 3.11. The average Bonchev–Trinajstić information content (AvgIpc) is 2.69. The lowest BCUT2D eigenvalue weighted by Gasteiger charge is -1.96. The summed E-state index contributed by atoms with van der Waals surface area (Å²) in [5.41, 5.74) is 0.636. The summed E-state index contributed by atoms with van der Waals surface area (Å²) in [5.74, 6) is 0.327. The molecule has 0 aliphatic heterocycles. The van der Waals surface area contributed by atoms with Crippen LogP contribution in [0.15, 0.2) is 40.0 Å². The molecule has 0 radical (unpaired) electrons. The third kappa shape index (κ3) is 2.16. The molecule has 0 atom stereocenters. The highest BCUT2D eigenvalue weighted by atomic mass is 35.7. The summed E-state index contributed by atoms with van der Waals surface area (Å²) in [6.07, 6.45) is 1.20. The minimum Gasteiger partial charge on any atom is -0.423 e. The van der Waals surface area contributed by atoms with Gasteiger partial charge < -0.3 is 4.42 Å². The van der Waals surface area contributed by atoms with Gasteiger partial charge in [-0.3, -0.25) is 0 Å². The molecule has 0 spiro atoms. The molecule has 0 bridgehead atoms. The van der Waals surface area contributed by atoms with E-state index in [9.17, 15) is 8.42 Å². The summed E-state index contributed by atoms with van der Waals surface area (Å²) in [7, 11) is 1.47. The van der Waals surface area contributed by atoms with Crippen LogP contribution in [-0.4, -0.2) is 18.6 Å². The Morgan fingerprint density at radius 1 is 1.20 bits per heavy atom. The van der Waals surface area contributed by atoms with Crippen LogP contribution in [-0.2, 0) is 9.05 Å². The lowest BCUT2D eigenvalue weighted by atomic mass is 10.2. The van der Waals surface area contributed by atoms with Crippen LogP contribution in [0.2, 0.25) is 0 Å². The first-order valence-corrected chi connectivity index (χ1v) is 6.19. The SMILES string of the molecule is O=S(=O)(Cl)c1ccc(-c2nnco2)cc1. The molecule has 7 heteroatoms. The van der Waals surface area contributed by atoms with E-state index in [-0.39, 0.29) is 4.90 Å². The normalized spacial score (nSPS) is 11.5. The Bertz CT molecular complexity index is 548. The van der Waals surface area contributed by atoms with Crippen molar-refractivity contribution in [2.75, 3.05) is 0 Å². The average molecular weight is 245 g/mol. The van der Waals surface area contributed by atoms with Crippen molar-refractivity contribution >= 4 is 19.7 Å². The largest absolute Gasteiger partial charge is 0.423 e. The van der Waals surface area contributed by atoms with Gasteiger partial charge in [0.15, 0.2) is 0 Å². The van der Waals surface area contributed by atoms with Gasteiger partial charge in [0.05, 0.1) is 4.90 Å². The van der Waals surface area contributed by atoms with Crippen LogP contribution in [0.25, 0.3) is 11.5 Å². The molecule has 0 N–H and O–H groups in total. The molecule has 0 fully saturated rings. The second kappa shape index (κ2) is 3.63. The van der Waals surface area contributed by atoms with Crippen molar-refractivity contribution in [2.45, 2.75) is 4.90 Å². The highest BCUT2D eigenvalue weighted by Crippen LogP contribution is 2.20. The van der Waals surface area contributed by atoms with E-state index in [2.05, 4.69) is 10.2 Å². The molecule has 0 amide bonds. The van der Waals surface area contributed by atoms with E-state index < -0.39 is 9.05 Å². The fraction of sp³-hybridized carbons (Fsp3) is 0. The second-order valence-corrected chi connectivity index (χ2v) is 5.27. The van der Waals surface area contributed by atoms with Gasteiger partial charge in [-0.25, -0.2) is 8.42 Å². The molecule has 1 aromatic carbocycles. The number of halogens is 1. The van der Waals surface area contributed by atoms with Crippen molar-refractivity contribution in [3.05, 3.63) is 30.7 Å². The van der Waals surface area contributed by atoms with Crippen LogP contribution in [0, 0.1) is 0 Å². The maximum Gasteiger partial charge on any atom is 0.261 e. The lowest BCUT2D eigenvalue weighted by Crippen LogP contribution is -1.89. The van der Waals surface area contributed by atoms with Gasteiger partial charge >= 0.3 is 0 Å². The second-order valence-electron chi connectivity index (χ2n) is 2.71. The Balaban J connectivity index is 2.42. The Hall–Kier alpha value is -1.40. The lowest BCUT2D eigenvalue weighted by molar-refractivity contribution is 0.568. The zero-order valence-corrected chi connectivity index (χ0v) is 8.86.